The molecule has 186 valence electrons. The van der Waals surface area contributed by atoms with E-state index in [1.54, 1.807) is 0 Å². The predicted octanol–water partition coefficient (Wildman–Crippen LogP) is 6.48. The van der Waals surface area contributed by atoms with Crippen LogP contribution in [0.1, 0.15) is 37.5 Å². The Labute approximate surface area is 210 Å². The highest BCUT2D eigenvalue weighted by Gasteiger charge is 2.34. The van der Waals surface area contributed by atoms with E-state index >= 15 is 0 Å². The van der Waals surface area contributed by atoms with Gasteiger partial charge in [-0.2, -0.15) is 0 Å². The van der Waals surface area contributed by atoms with E-state index < -0.39 is 0 Å². The summed E-state index contributed by atoms with van der Waals surface area (Å²) in [5, 5.41) is 0. The minimum absolute atomic E-state index is 0.0158. The lowest BCUT2D eigenvalue weighted by Gasteiger charge is -2.36. The molecule has 0 aliphatic carbocycles. The van der Waals surface area contributed by atoms with Crippen LogP contribution in [0.5, 0.6) is 0 Å². The van der Waals surface area contributed by atoms with E-state index in [1.807, 2.05) is 73.7 Å². The number of aldehydes is 1. The van der Waals surface area contributed by atoms with Crippen molar-refractivity contribution in [2.75, 3.05) is 6.61 Å². The zero-order valence-corrected chi connectivity index (χ0v) is 21.1. The van der Waals surface area contributed by atoms with Crippen molar-refractivity contribution in [3.8, 4) is 0 Å². The molecule has 0 heterocycles. The smallest absolute Gasteiger partial charge is 0.125 e. The molecule has 35 heavy (non-hydrogen) atoms. The second-order valence-corrected chi connectivity index (χ2v) is 9.35. The molecule has 0 aliphatic heterocycles. The SMILES string of the molecule is C[C@@H]([C@@H](OCc1ccccc1)[C@@H](C)COCc1ccccc1)[C@H](OCc1ccccc1)[C@H](C)C=O. The molecule has 0 spiro atoms. The third-order valence-corrected chi connectivity index (χ3v) is 6.39. The lowest BCUT2D eigenvalue weighted by molar-refractivity contribution is -0.130. The first kappa shape index (κ1) is 26.8. The standard InChI is InChI=1S/C31H38O4/c1-24(19-32)30(34-22-28-15-9-5-10-16-28)26(3)31(35-23-29-17-11-6-12-18-29)25(2)20-33-21-27-13-7-4-8-14-27/h4-19,24-26,30-31H,20-23H2,1-3H3/t24-,25+,26-,30-,31+/m1/s1. The highest BCUT2D eigenvalue weighted by Crippen LogP contribution is 2.28. The maximum atomic E-state index is 11.8. The fraction of sp³-hybridized carbons (Fsp3) is 0.387. The monoisotopic (exact) mass is 474 g/mol. The van der Waals surface area contributed by atoms with Crippen LogP contribution in [-0.4, -0.2) is 25.1 Å². The zero-order valence-electron chi connectivity index (χ0n) is 21.1. The number of benzene rings is 3. The van der Waals surface area contributed by atoms with Crippen molar-refractivity contribution < 1.29 is 19.0 Å². The third-order valence-electron chi connectivity index (χ3n) is 6.39. The van der Waals surface area contributed by atoms with Gasteiger partial charge in [0, 0.05) is 17.8 Å². The molecule has 0 amide bonds. The van der Waals surface area contributed by atoms with Gasteiger partial charge < -0.3 is 19.0 Å². The predicted molar refractivity (Wildman–Crippen MR) is 140 cm³/mol. The fourth-order valence-corrected chi connectivity index (χ4v) is 4.45. The zero-order chi connectivity index (χ0) is 24.9. The van der Waals surface area contributed by atoms with Gasteiger partial charge in [0.1, 0.15) is 6.29 Å². The maximum absolute atomic E-state index is 11.8. The van der Waals surface area contributed by atoms with Gasteiger partial charge in [0.2, 0.25) is 0 Å². The summed E-state index contributed by atoms with van der Waals surface area (Å²) >= 11 is 0. The van der Waals surface area contributed by atoms with Crippen LogP contribution in [-0.2, 0) is 38.8 Å². The van der Waals surface area contributed by atoms with Crippen molar-refractivity contribution in [2.45, 2.75) is 52.8 Å². The van der Waals surface area contributed by atoms with Gasteiger partial charge >= 0.3 is 0 Å². The lowest BCUT2D eigenvalue weighted by Crippen LogP contribution is -2.42. The summed E-state index contributed by atoms with van der Waals surface area (Å²) in [6.45, 7) is 8.27. The molecular weight excluding hydrogens is 436 g/mol. The molecule has 5 atom stereocenters. The summed E-state index contributed by atoms with van der Waals surface area (Å²) in [6.07, 6.45) is 0.566. The molecule has 0 unspecified atom stereocenters. The van der Waals surface area contributed by atoms with E-state index in [1.165, 1.54) is 0 Å². The van der Waals surface area contributed by atoms with Gasteiger partial charge in [-0.15, -0.1) is 0 Å². The Kier molecular flexibility index (Phi) is 11.2. The van der Waals surface area contributed by atoms with Crippen molar-refractivity contribution >= 4 is 6.29 Å². The molecule has 0 fully saturated rings. The number of carbonyl (C=O) groups excluding carboxylic acids is 1. The van der Waals surface area contributed by atoms with E-state index in [0.29, 0.717) is 26.4 Å². The van der Waals surface area contributed by atoms with Crippen LogP contribution < -0.4 is 0 Å². The Bertz CT molecular complexity index is 961. The molecule has 4 heteroatoms. The summed E-state index contributed by atoms with van der Waals surface area (Å²) < 4.78 is 18.9. The number of carbonyl (C=O) groups is 1. The lowest BCUT2D eigenvalue weighted by atomic mass is 9.84. The van der Waals surface area contributed by atoms with Crippen LogP contribution in [0.3, 0.4) is 0 Å². The van der Waals surface area contributed by atoms with E-state index in [2.05, 4.69) is 38.1 Å². The summed E-state index contributed by atoms with van der Waals surface area (Å²) in [4.78, 5) is 11.8. The number of hydrogen-bond acceptors (Lipinski definition) is 4. The van der Waals surface area contributed by atoms with Crippen LogP contribution in [0.25, 0.3) is 0 Å². The van der Waals surface area contributed by atoms with Gasteiger partial charge in [-0.05, 0) is 16.7 Å². The van der Waals surface area contributed by atoms with Crippen LogP contribution in [0.2, 0.25) is 0 Å². The van der Waals surface area contributed by atoms with Crippen molar-refractivity contribution in [2.24, 2.45) is 17.8 Å². The molecular formula is C31H38O4. The van der Waals surface area contributed by atoms with Crippen molar-refractivity contribution in [1.82, 2.24) is 0 Å². The van der Waals surface area contributed by atoms with E-state index in [0.717, 1.165) is 23.0 Å². The molecule has 4 nitrogen and oxygen atoms in total. The van der Waals surface area contributed by atoms with Crippen molar-refractivity contribution in [3.05, 3.63) is 108 Å². The van der Waals surface area contributed by atoms with Crippen LogP contribution in [0.4, 0.5) is 0 Å². The minimum atomic E-state index is -0.273. The molecule has 0 radical (unpaired) electrons. The van der Waals surface area contributed by atoms with Crippen LogP contribution in [0, 0.1) is 17.8 Å². The second-order valence-electron chi connectivity index (χ2n) is 9.35. The topological polar surface area (TPSA) is 44.8 Å². The van der Waals surface area contributed by atoms with Gasteiger partial charge in [0.15, 0.2) is 0 Å². The van der Waals surface area contributed by atoms with Gasteiger partial charge in [0.25, 0.3) is 0 Å². The number of hydrogen-bond donors (Lipinski definition) is 0. The first-order valence-corrected chi connectivity index (χ1v) is 12.5. The molecule has 0 aliphatic rings. The Hall–Kier alpha value is -2.79. The first-order chi connectivity index (χ1) is 17.1. The van der Waals surface area contributed by atoms with Crippen molar-refractivity contribution in [1.29, 1.82) is 0 Å². The quantitative estimate of drug-likeness (QED) is 0.237. The number of rotatable bonds is 15. The Morgan fingerprint density at radius 2 is 1.06 bits per heavy atom. The summed E-state index contributed by atoms with van der Waals surface area (Å²) in [5.74, 6) is -0.161. The number of ether oxygens (including phenoxy) is 3. The van der Waals surface area contributed by atoms with Gasteiger partial charge in [-0.3, -0.25) is 0 Å². The van der Waals surface area contributed by atoms with Crippen LogP contribution >= 0.6 is 0 Å². The van der Waals surface area contributed by atoms with E-state index in [-0.39, 0.29) is 30.0 Å². The molecule has 0 bridgehead atoms. The molecule has 3 rings (SSSR count). The molecule has 0 aromatic heterocycles. The summed E-state index contributed by atoms with van der Waals surface area (Å²) in [5.41, 5.74) is 3.35. The molecule has 0 N–H and O–H groups in total. The average Bonchev–Trinajstić information content (AvgIpc) is 2.90. The average molecular weight is 475 g/mol. The minimum Gasteiger partial charge on any atom is -0.376 e. The van der Waals surface area contributed by atoms with Crippen molar-refractivity contribution in [3.63, 3.8) is 0 Å². The van der Waals surface area contributed by atoms with E-state index in [9.17, 15) is 4.79 Å². The Morgan fingerprint density at radius 3 is 1.51 bits per heavy atom. The molecule has 3 aromatic rings. The van der Waals surface area contributed by atoms with Gasteiger partial charge in [-0.25, -0.2) is 0 Å². The molecule has 3 aromatic carbocycles. The molecule has 0 saturated heterocycles. The summed E-state index contributed by atoms with van der Waals surface area (Å²) in [7, 11) is 0. The Morgan fingerprint density at radius 1 is 0.629 bits per heavy atom. The van der Waals surface area contributed by atoms with Gasteiger partial charge in [0.05, 0.1) is 38.6 Å². The molecule has 0 saturated carbocycles. The fourth-order valence-electron chi connectivity index (χ4n) is 4.45. The summed E-state index contributed by atoms with van der Waals surface area (Å²) in [6, 6.07) is 30.4. The third kappa shape index (κ3) is 8.74. The highest BCUT2D eigenvalue weighted by molar-refractivity contribution is 5.53. The second kappa shape index (κ2) is 14.6. The Balaban J connectivity index is 1.70. The van der Waals surface area contributed by atoms with Crippen LogP contribution in [0.15, 0.2) is 91.0 Å². The van der Waals surface area contributed by atoms with Gasteiger partial charge in [-0.1, -0.05) is 112 Å². The van der Waals surface area contributed by atoms with E-state index in [4.69, 9.17) is 14.2 Å². The highest BCUT2D eigenvalue weighted by atomic mass is 16.5. The maximum Gasteiger partial charge on any atom is 0.125 e. The first-order valence-electron chi connectivity index (χ1n) is 12.5. The largest absolute Gasteiger partial charge is 0.376 e. The normalized spacial score (nSPS) is 15.6.